The van der Waals surface area contributed by atoms with Crippen LogP contribution in [0, 0.1) is 0 Å². The van der Waals surface area contributed by atoms with Crippen LogP contribution in [0.2, 0.25) is 0 Å². The van der Waals surface area contributed by atoms with E-state index in [9.17, 15) is 9.59 Å². The molecule has 12 heteroatoms. The van der Waals surface area contributed by atoms with Crippen molar-refractivity contribution in [3.8, 4) is 16.9 Å². The number of amides is 2. The van der Waals surface area contributed by atoms with Crippen LogP contribution >= 0.6 is 0 Å². The maximum atomic E-state index is 14.8. The van der Waals surface area contributed by atoms with Gasteiger partial charge in [-0.1, -0.05) is 37.3 Å². The number of aromatic nitrogens is 3. The van der Waals surface area contributed by atoms with Crippen LogP contribution < -0.4 is 15.8 Å². The van der Waals surface area contributed by atoms with Crippen LogP contribution in [-0.4, -0.2) is 101 Å². The Kier molecular flexibility index (Phi) is 12.8. The van der Waals surface area contributed by atoms with Crippen molar-refractivity contribution in [2.75, 3.05) is 58.9 Å². The van der Waals surface area contributed by atoms with Gasteiger partial charge in [0, 0.05) is 73.4 Å². The third-order valence-corrected chi connectivity index (χ3v) is 11.3. The molecule has 3 aromatic carbocycles. The topological polar surface area (TPSA) is 131 Å². The van der Waals surface area contributed by atoms with Gasteiger partial charge in [0.25, 0.3) is 5.91 Å². The van der Waals surface area contributed by atoms with E-state index < -0.39 is 5.91 Å². The summed E-state index contributed by atoms with van der Waals surface area (Å²) < 4.78 is 13.6. The van der Waals surface area contributed by atoms with Gasteiger partial charge in [0.05, 0.1) is 37.5 Å². The molecule has 0 radical (unpaired) electrons. The first-order chi connectivity index (χ1) is 27.7. The molecule has 5 aromatic rings. The maximum absolute atomic E-state index is 14.8. The molecule has 0 aliphatic carbocycles. The Bertz CT molecular complexity index is 2200. The minimum Gasteiger partial charge on any atom is -0.496 e. The number of hydrogen-bond donors (Lipinski definition) is 2. The molecule has 0 saturated carbocycles. The molecule has 57 heavy (non-hydrogen) atoms. The Hall–Kier alpha value is -5.30. The molecule has 7 rings (SSSR count). The summed E-state index contributed by atoms with van der Waals surface area (Å²) in [5.74, 6) is -0.143. The molecule has 0 unspecified atom stereocenters. The molecule has 2 fully saturated rings. The van der Waals surface area contributed by atoms with Gasteiger partial charge in [-0.15, -0.1) is 0 Å². The lowest BCUT2D eigenvalue weighted by Gasteiger charge is -2.29. The fraction of sp³-hybridized carbons (Fsp3) is 0.422. The molecule has 3 N–H and O–H groups in total. The molecule has 0 atom stereocenters. The number of nitrogens with two attached hydrogens (primary N) is 1. The highest BCUT2D eigenvalue weighted by atomic mass is 16.5. The monoisotopic (exact) mass is 772 g/mol. The number of likely N-dealkylation sites (N-methyl/N-ethyl adjacent to an activating group) is 1. The molecular weight excluding hydrogens is 717 g/mol. The number of methoxy groups -OCH3 is 1. The fourth-order valence-electron chi connectivity index (χ4n) is 8.11. The second kappa shape index (κ2) is 18.3. The van der Waals surface area contributed by atoms with Gasteiger partial charge in [0.2, 0.25) is 5.91 Å². The van der Waals surface area contributed by atoms with Gasteiger partial charge in [-0.05, 0) is 106 Å². The quantitative estimate of drug-likeness (QED) is 0.133. The van der Waals surface area contributed by atoms with Crippen molar-refractivity contribution < 1.29 is 19.1 Å². The lowest BCUT2D eigenvalue weighted by atomic mass is 9.99. The normalized spacial score (nSPS) is 15.7. The molecule has 4 heterocycles. The summed E-state index contributed by atoms with van der Waals surface area (Å²) in [6.07, 6.45) is 5.45. The highest BCUT2D eigenvalue weighted by Gasteiger charge is 2.27. The number of rotatable bonds is 14. The van der Waals surface area contributed by atoms with Crippen LogP contribution in [-0.2, 0) is 37.3 Å². The first kappa shape index (κ1) is 39.9. The zero-order chi connectivity index (χ0) is 39.9. The van der Waals surface area contributed by atoms with Crippen LogP contribution in [0.5, 0.6) is 5.75 Å². The third-order valence-electron chi connectivity index (χ3n) is 11.3. The van der Waals surface area contributed by atoms with E-state index in [1.165, 1.54) is 12.0 Å². The van der Waals surface area contributed by atoms with Crippen LogP contribution in [0.4, 0.5) is 5.69 Å². The zero-order valence-corrected chi connectivity index (χ0v) is 33.8. The van der Waals surface area contributed by atoms with Crippen molar-refractivity contribution in [2.45, 2.75) is 71.8 Å². The molecular formula is C45H56N8O4. The molecule has 0 bridgehead atoms. The number of carbonyl (C=O) groups excluding carboxylic acids is 2. The van der Waals surface area contributed by atoms with E-state index in [1.807, 2.05) is 21.8 Å². The van der Waals surface area contributed by atoms with Gasteiger partial charge >= 0.3 is 0 Å². The van der Waals surface area contributed by atoms with E-state index in [0.717, 1.165) is 90.2 Å². The lowest BCUT2D eigenvalue weighted by molar-refractivity contribution is 0.0728. The molecule has 2 aliphatic heterocycles. The number of fused-ring (bicyclic) bond motifs is 1. The number of benzene rings is 3. The largest absolute Gasteiger partial charge is 0.496 e. The van der Waals surface area contributed by atoms with Crippen LogP contribution in [0.25, 0.3) is 22.2 Å². The highest BCUT2D eigenvalue weighted by molar-refractivity contribution is 5.99. The summed E-state index contributed by atoms with van der Waals surface area (Å²) in [6.45, 7) is 11.9. The Morgan fingerprint density at radius 2 is 1.74 bits per heavy atom. The Labute approximate surface area is 335 Å². The van der Waals surface area contributed by atoms with Crippen LogP contribution in [0.1, 0.15) is 76.2 Å². The van der Waals surface area contributed by atoms with E-state index in [-0.39, 0.29) is 30.6 Å². The zero-order valence-electron chi connectivity index (χ0n) is 33.8. The van der Waals surface area contributed by atoms with Crippen molar-refractivity contribution in [1.82, 2.24) is 29.5 Å². The van der Waals surface area contributed by atoms with Crippen LogP contribution in [0.15, 0.2) is 72.9 Å². The third kappa shape index (κ3) is 9.30. The van der Waals surface area contributed by atoms with E-state index in [2.05, 4.69) is 72.4 Å². The number of anilines is 1. The number of pyridine rings is 1. The molecule has 300 valence electrons. The molecule has 12 nitrogen and oxygen atoms in total. The number of ether oxygens (including phenoxy) is 2. The standard InChI is InChI=1S/C45H56N8O4/c1-5-40-39(42(48-37-16-22-57-23-17-37)38-27-47-53(6-2)44(38)49-40)30-52(45(55)35-13-8-12-34(26-35)43(46)54)29-36-25-33(14-15-41(36)56-4)32-11-7-10-31(24-32)28-51-19-9-18-50(3)20-21-51/h7-8,10-15,24-27,37H,5-6,9,16-23,28-30H2,1-4H3,(H2,46,54)(H,48,49). The van der Waals surface area contributed by atoms with Crippen molar-refractivity contribution in [3.05, 3.63) is 106 Å². The summed E-state index contributed by atoms with van der Waals surface area (Å²) in [5, 5.41) is 9.48. The van der Waals surface area contributed by atoms with Gasteiger partial charge in [-0.25, -0.2) is 9.67 Å². The molecule has 2 amide bonds. The average Bonchev–Trinajstić information content (AvgIpc) is 3.54. The Morgan fingerprint density at radius 1 is 0.947 bits per heavy atom. The van der Waals surface area contributed by atoms with E-state index in [1.54, 1.807) is 31.4 Å². The first-order valence-corrected chi connectivity index (χ1v) is 20.3. The van der Waals surface area contributed by atoms with E-state index >= 15 is 0 Å². The smallest absolute Gasteiger partial charge is 0.254 e. The van der Waals surface area contributed by atoms with Crippen molar-refractivity contribution in [1.29, 1.82) is 0 Å². The maximum Gasteiger partial charge on any atom is 0.254 e. The number of carbonyl (C=O) groups is 2. The number of nitrogens with one attached hydrogen (secondary N) is 1. The molecule has 0 spiro atoms. The van der Waals surface area contributed by atoms with Gasteiger partial charge in [0.15, 0.2) is 5.65 Å². The first-order valence-electron chi connectivity index (χ1n) is 20.3. The highest BCUT2D eigenvalue weighted by Crippen LogP contribution is 2.35. The molecule has 2 aromatic heterocycles. The fourth-order valence-corrected chi connectivity index (χ4v) is 8.11. The predicted molar refractivity (Wildman–Crippen MR) is 224 cm³/mol. The van der Waals surface area contributed by atoms with Gasteiger partial charge < -0.3 is 30.3 Å². The van der Waals surface area contributed by atoms with Gasteiger partial charge in [-0.2, -0.15) is 5.10 Å². The van der Waals surface area contributed by atoms with Gasteiger partial charge in [-0.3, -0.25) is 14.5 Å². The molecule has 2 saturated heterocycles. The van der Waals surface area contributed by atoms with Crippen molar-refractivity contribution in [3.63, 3.8) is 0 Å². The Balaban J connectivity index is 1.28. The Morgan fingerprint density at radius 3 is 2.51 bits per heavy atom. The second-order valence-corrected chi connectivity index (χ2v) is 15.3. The summed E-state index contributed by atoms with van der Waals surface area (Å²) in [7, 11) is 3.86. The number of aryl methyl sites for hydroxylation is 2. The SMILES string of the molecule is CCc1nc2c(cnn2CC)c(NC2CCOCC2)c1CN(Cc1cc(-c2cccc(CN3CCCN(C)CC3)c2)ccc1OC)C(=O)c1cccc(C(N)=O)c1. The second-order valence-electron chi connectivity index (χ2n) is 15.3. The minimum atomic E-state index is -0.588. The van der Waals surface area contributed by atoms with Crippen molar-refractivity contribution in [2.24, 2.45) is 5.73 Å². The summed E-state index contributed by atoms with van der Waals surface area (Å²) in [4.78, 5) is 39.0. The number of nitrogens with zero attached hydrogens (tertiary/aromatic N) is 6. The summed E-state index contributed by atoms with van der Waals surface area (Å²) in [6, 6.07) is 21.8. The minimum absolute atomic E-state index is 0.197. The van der Waals surface area contributed by atoms with Crippen molar-refractivity contribution >= 4 is 28.5 Å². The number of hydrogen-bond acceptors (Lipinski definition) is 9. The summed E-state index contributed by atoms with van der Waals surface area (Å²) in [5.41, 5.74) is 14.2. The van der Waals surface area contributed by atoms with Gasteiger partial charge in [0.1, 0.15) is 5.75 Å². The summed E-state index contributed by atoms with van der Waals surface area (Å²) >= 11 is 0. The van der Waals surface area contributed by atoms with Crippen LogP contribution in [0.3, 0.4) is 0 Å². The van der Waals surface area contributed by atoms with E-state index in [0.29, 0.717) is 37.5 Å². The number of primary amides is 1. The van der Waals surface area contributed by atoms with E-state index in [4.69, 9.17) is 25.3 Å². The predicted octanol–water partition coefficient (Wildman–Crippen LogP) is 6.36. The average molecular weight is 773 g/mol. The lowest BCUT2D eigenvalue weighted by Crippen LogP contribution is -2.33. The molecule has 2 aliphatic rings.